The molecule has 4 heterocycles. The summed E-state index contributed by atoms with van der Waals surface area (Å²) in [4.78, 5) is 22.4. The van der Waals surface area contributed by atoms with Crippen molar-refractivity contribution in [1.29, 1.82) is 5.26 Å². The van der Waals surface area contributed by atoms with Crippen LogP contribution in [0.4, 0.5) is 17.4 Å². The fourth-order valence-electron chi connectivity index (χ4n) is 3.38. The average molecular weight is 433 g/mol. The molecule has 10 nitrogen and oxygen atoms in total. The molecule has 154 valence electrons. The van der Waals surface area contributed by atoms with Crippen molar-refractivity contribution in [2.45, 2.75) is 25.8 Å². The first-order valence-electron chi connectivity index (χ1n) is 9.51. The predicted molar refractivity (Wildman–Crippen MR) is 114 cm³/mol. The number of amides is 1. The molecule has 0 unspecified atom stereocenters. The molecule has 1 aliphatic carbocycles. The Hall–Kier alpha value is -4.04. The number of nitrogens with one attached hydrogen (secondary N) is 1. The summed E-state index contributed by atoms with van der Waals surface area (Å²) in [5.41, 5.74) is 14.6. The summed E-state index contributed by atoms with van der Waals surface area (Å²) in [6, 6.07) is 7.86. The molecule has 0 spiro atoms. The molecule has 1 aliphatic rings. The van der Waals surface area contributed by atoms with E-state index < -0.39 is 5.91 Å². The van der Waals surface area contributed by atoms with Crippen LogP contribution in [0.5, 0.6) is 0 Å². The van der Waals surface area contributed by atoms with Gasteiger partial charge in [-0.05, 0) is 23.7 Å². The summed E-state index contributed by atoms with van der Waals surface area (Å²) < 4.78 is 6.88. The van der Waals surface area contributed by atoms with Crippen LogP contribution >= 0.6 is 11.3 Å². The molecule has 0 aliphatic heterocycles. The second-order valence-corrected chi connectivity index (χ2v) is 8.28. The Kier molecular flexibility index (Phi) is 4.30. The monoisotopic (exact) mass is 433 g/mol. The Labute approximate surface area is 180 Å². The molecule has 0 aromatic carbocycles. The number of aryl methyl sites for hydroxylation is 1. The highest BCUT2D eigenvalue weighted by atomic mass is 32.1. The first kappa shape index (κ1) is 19.0. The van der Waals surface area contributed by atoms with Crippen LogP contribution in [-0.4, -0.2) is 21.1 Å². The Bertz CT molecular complexity index is 1400. The molecule has 1 fully saturated rings. The van der Waals surface area contributed by atoms with Gasteiger partial charge in [0.2, 0.25) is 5.27 Å². The van der Waals surface area contributed by atoms with Gasteiger partial charge in [-0.1, -0.05) is 6.07 Å². The summed E-state index contributed by atoms with van der Waals surface area (Å²) in [5.74, 6) is -0.179. The van der Waals surface area contributed by atoms with Crippen molar-refractivity contribution in [3.63, 3.8) is 0 Å². The maximum absolute atomic E-state index is 12.9. The van der Waals surface area contributed by atoms with Gasteiger partial charge in [0.1, 0.15) is 27.2 Å². The second kappa shape index (κ2) is 7.03. The van der Waals surface area contributed by atoms with E-state index in [2.05, 4.69) is 26.6 Å². The summed E-state index contributed by atoms with van der Waals surface area (Å²) in [5, 5.41) is 16.8. The lowest BCUT2D eigenvalue weighted by Crippen LogP contribution is -2.32. The number of nitrogens with zero attached hydrogens (tertiary/aromatic N) is 5. The molecule has 5 N–H and O–H groups in total. The molecule has 4 aromatic heterocycles. The maximum atomic E-state index is 12.9. The van der Waals surface area contributed by atoms with E-state index in [0.29, 0.717) is 27.5 Å². The third-order valence-electron chi connectivity index (χ3n) is 5.01. The van der Waals surface area contributed by atoms with Crippen LogP contribution < -0.4 is 21.5 Å². The number of anilines is 3. The molecule has 4 aromatic rings. The van der Waals surface area contributed by atoms with Crippen LogP contribution in [-0.2, 0) is 0 Å². The highest BCUT2D eigenvalue weighted by molar-refractivity contribution is 7.21. The number of hydrogen-bond acceptors (Lipinski definition) is 9. The number of carbonyl (C=O) groups excluding carboxylic acids is 1. The van der Waals surface area contributed by atoms with Crippen LogP contribution in [0.15, 0.2) is 28.9 Å². The van der Waals surface area contributed by atoms with Crippen LogP contribution in [0.2, 0.25) is 0 Å². The number of nitrogen functional groups attached to an aromatic ring is 2. The van der Waals surface area contributed by atoms with Crippen molar-refractivity contribution >= 4 is 44.9 Å². The third kappa shape index (κ3) is 3.23. The van der Waals surface area contributed by atoms with Crippen LogP contribution in [0, 0.1) is 18.3 Å². The number of aromatic nitrogens is 4. The topological polar surface area (TPSA) is 161 Å². The highest BCUT2D eigenvalue weighted by Crippen LogP contribution is 2.42. The fourth-order valence-corrected chi connectivity index (χ4v) is 4.39. The van der Waals surface area contributed by atoms with E-state index in [-0.39, 0.29) is 27.8 Å². The molecule has 1 saturated carbocycles. The first-order valence-corrected chi connectivity index (χ1v) is 10.3. The normalized spacial score (nSPS) is 13.3. The molecular weight excluding hydrogens is 416 g/mol. The van der Waals surface area contributed by atoms with E-state index in [0.717, 1.165) is 29.9 Å². The van der Waals surface area contributed by atoms with Crippen molar-refractivity contribution in [2.24, 2.45) is 0 Å². The van der Waals surface area contributed by atoms with Crippen molar-refractivity contribution < 1.29 is 14.0 Å². The maximum Gasteiger partial charge on any atom is 0.302 e. The number of rotatable bonds is 4. The van der Waals surface area contributed by atoms with Gasteiger partial charge >= 0.3 is 5.88 Å². The number of pyridine rings is 2. The summed E-state index contributed by atoms with van der Waals surface area (Å²) in [7, 11) is 0. The van der Waals surface area contributed by atoms with E-state index in [9.17, 15) is 10.1 Å². The van der Waals surface area contributed by atoms with E-state index in [4.69, 9.17) is 16.0 Å². The minimum Gasteiger partial charge on any atom is -0.397 e. The lowest BCUT2D eigenvalue weighted by atomic mass is 10.0. The Morgan fingerprint density at radius 2 is 2.16 bits per heavy atom. The van der Waals surface area contributed by atoms with Crippen LogP contribution in [0.3, 0.4) is 0 Å². The molecule has 0 radical (unpaired) electrons. The Balaban J connectivity index is 1.62. The predicted octanol–water partition coefficient (Wildman–Crippen LogP) is 2.57. The molecule has 5 rings (SSSR count). The summed E-state index contributed by atoms with van der Waals surface area (Å²) >= 11 is 1.09. The molecule has 0 atom stereocenters. The quantitative estimate of drug-likeness (QED) is 0.414. The van der Waals surface area contributed by atoms with E-state index in [1.54, 1.807) is 16.9 Å². The standard InChI is InChI=1S/C20H16N8O2S/c1-9-3-2-4-12(24-9)14-11(7-21)18(23)26-20-15(14)16(22)17(31-20)19(29)25-13-8-28(27-30-13)10-5-6-10/h2-4,8,10H,5-6H2,1H3,(H4-,22,23,25,26,27,29)/p+1. The second-order valence-electron chi connectivity index (χ2n) is 7.28. The zero-order chi connectivity index (χ0) is 21.7. The van der Waals surface area contributed by atoms with E-state index in [1.807, 2.05) is 19.1 Å². The van der Waals surface area contributed by atoms with Gasteiger partial charge in [-0.2, -0.15) is 5.26 Å². The molecule has 0 saturated heterocycles. The van der Waals surface area contributed by atoms with Crippen LogP contribution in [0.1, 0.15) is 39.8 Å². The average Bonchev–Trinajstić information content (AvgIpc) is 3.41. The van der Waals surface area contributed by atoms with Crippen molar-refractivity contribution in [3.05, 3.63) is 40.5 Å². The molecule has 31 heavy (non-hydrogen) atoms. The van der Waals surface area contributed by atoms with Gasteiger partial charge < -0.3 is 11.5 Å². The van der Waals surface area contributed by atoms with Crippen LogP contribution in [0.25, 0.3) is 21.5 Å². The number of hydrogen-bond donors (Lipinski definition) is 3. The number of nitriles is 1. The number of nitrogens with two attached hydrogens (primary N) is 2. The largest absolute Gasteiger partial charge is 0.397 e. The number of fused-ring (bicyclic) bond motifs is 1. The van der Waals surface area contributed by atoms with Gasteiger partial charge in [-0.3, -0.25) is 19.6 Å². The number of carbonyl (C=O) groups is 1. The third-order valence-corrected chi connectivity index (χ3v) is 6.11. The van der Waals surface area contributed by atoms with Crippen molar-refractivity contribution in [2.75, 3.05) is 16.8 Å². The van der Waals surface area contributed by atoms with Gasteiger partial charge in [-0.15, -0.1) is 11.3 Å². The Morgan fingerprint density at radius 3 is 2.87 bits per heavy atom. The minimum absolute atomic E-state index is 0.0576. The molecule has 11 heteroatoms. The van der Waals surface area contributed by atoms with Gasteiger partial charge in [0.05, 0.1) is 11.4 Å². The minimum atomic E-state index is -0.458. The lowest BCUT2D eigenvalue weighted by Gasteiger charge is -2.09. The molecule has 0 bridgehead atoms. The first-order chi connectivity index (χ1) is 15.0. The molecule has 1 amide bonds. The smallest absolute Gasteiger partial charge is 0.302 e. The highest BCUT2D eigenvalue weighted by Gasteiger charge is 2.36. The van der Waals surface area contributed by atoms with Gasteiger partial charge in [0.15, 0.2) is 6.04 Å². The zero-order valence-corrected chi connectivity index (χ0v) is 17.2. The lowest BCUT2D eigenvalue weighted by molar-refractivity contribution is -0.765. The van der Waals surface area contributed by atoms with Gasteiger partial charge in [-0.25, -0.2) is 4.98 Å². The fraction of sp³-hybridized carbons (Fsp3) is 0.200. The summed E-state index contributed by atoms with van der Waals surface area (Å²) in [6.45, 7) is 1.85. The van der Waals surface area contributed by atoms with E-state index >= 15 is 0 Å². The van der Waals surface area contributed by atoms with E-state index in [1.165, 1.54) is 0 Å². The summed E-state index contributed by atoms with van der Waals surface area (Å²) in [6.07, 6.45) is 3.72. The van der Waals surface area contributed by atoms with Gasteiger partial charge in [0, 0.05) is 29.5 Å². The Morgan fingerprint density at radius 1 is 1.35 bits per heavy atom. The van der Waals surface area contributed by atoms with Crippen molar-refractivity contribution in [1.82, 2.24) is 15.2 Å². The zero-order valence-electron chi connectivity index (χ0n) is 16.4. The SMILES string of the molecule is Cc1cccc(-c2c(C#N)c(N)nc3sc(C(=O)Nc4c[n+](C5CC5)no4)c(N)c23)n1. The van der Waals surface area contributed by atoms with Gasteiger partial charge in [0.25, 0.3) is 12.1 Å². The van der Waals surface area contributed by atoms with Crippen molar-refractivity contribution in [3.8, 4) is 17.3 Å². The molecular formula is C20H17N8O2S+. The number of thiophene rings is 1.